The molecule has 0 spiro atoms. The molecule has 0 aliphatic heterocycles. The van der Waals surface area contributed by atoms with Crippen molar-refractivity contribution in [3.8, 4) is 0 Å². The Kier molecular flexibility index (Phi) is 3.16. The minimum Gasteiger partial charge on any atom is -0.326 e. The van der Waals surface area contributed by atoms with Crippen molar-refractivity contribution in [2.24, 2.45) is 0 Å². The predicted octanol–water partition coefficient (Wildman–Crippen LogP) is 2.88. The van der Waals surface area contributed by atoms with E-state index in [1.165, 1.54) is 12.1 Å². The maximum atomic E-state index is 12.8. The van der Waals surface area contributed by atoms with Crippen molar-refractivity contribution in [1.29, 1.82) is 0 Å². The Labute approximate surface area is 114 Å². The van der Waals surface area contributed by atoms with Crippen LogP contribution in [0, 0.1) is 5.82 Å². The summed E-state index contributed by atoms with van der Waals surface area (Å²) in [7, 11) is 0. The number of fused-ring (bicyclic) bond motifs is 1. The van der Waals surface area contributed by atoms with E-state index < -0.39 is 0 Å². The second kappa shape index (κ2) is 5.13. The molecule has 2 aromatic carbocycles. The van der Waals surface area contributed by atoms with Crippen LogP contribution in [0.1, 0.15) is 5.56 Å². The number of hydrogen-bond acceptors (Lipinski definition) is 2. The van der Waals surface area contributed by atoms with E-state index in [0.29, 0.717) is 5.69 Å². The molecule has 1 heterocycles. The number of benzene rings is 2. The lowest BCUT2D eigenvalue weighted by Gasteiger charge is -2.05. The van der Waals surface area contributed by atoms with Gasteiger partial charge < -0.3 is 5.32 Å². The summed E-state index contributed by atoms with van der Waals surface area (Å²) in [5, 5.41) is 10.6. The highest BCUT2D eigenvalue weighted by Crippen LogP contribution is 2.16. The van der Waals surface area contributed by atoms with Gasteiger partial charge in [-0.25, -0.2) is 4.39 Å². The van der Waals surface area contributed by atoms with Gasteiger partial charge in [0.1, 0.15) is 5.82 Å². The van der Waals surface area contributed by atoms with E-state index in [9.17, 15) is 9.18 Å². The average Bonchev–Trinajstić information content (AvgIpc) is 2.89. The van der Waals surface area contributed by atoms with Crippen molar-refractivity contribution in [3.05, 3.63) is 60.0 Å². The third-order valence-electron chi connectivity index (χ3n) is 3.00. The predicted molar refractivity (Wildman–Crippen MR) is 74.8 cm³/mol. The van der Waals surface area contributed by atoms with Crippen LogP contribution in [0.3, 0.4) is 0 Å². The van der Waals surface area contributed by atoms with Gasteiger partial charge in [0.05, 0.1) is 18.1 Å². The van der Waals surface area contributed by atoms with Crippen LogP contribution in [0.2, 0.25) is 0 Å². The van der Waals surface area contributed by atoms with E-state index in [4.69, 9.17) is 0 Å². The fourth-order valence-corrected chi connectivity index (χ4v) is 2.01. The summed E-state index contributed by atoms with van der Waals surface area (Å²) in [6.45, 7) is 0. The molecular formula is C15H12FN3O. The third kappa shape index (κ3) is 2.66. The zero-order valence-corrected chi connectivity index (χ0v) is 10.6. The summed E-state index contributed by atoms with van der Waals surface area (Å²) >= 11 is 0. The van der Waals surface area contributed by atoms with Crippen LogP contribution in [0.15, 0.2) is 48.7 Å². The molecule has 0 aliphatic carbocycles. The highest BCUT2D eigenvalue weighted by atomic mass is 19.1. The lowest BCUT2D eigenvalue weighted by atomic mass is 10.1. The zero-order valence-electron chi connectivity index (χ0n) is 10.6. The van der Waals surface area contributed by atoms with Crippen LogP contribution >= 0.6 is 0 Å². The molecule has 5 heteroatoms. The number of nitrogens with one attached hydrogen (secondary N) is 2. The van der Waals surface area contributed by atoms with Gasteiger partial charge in [0.2, 0.25) is 5.91 Å². The van der Waals surface area contributed by atoms with Gasteiger partial charge in [-0.05, 0) is 35.9 Å². The molecule has 0 fully saturated rings. The number of hydrogen-bond donors (Lipinski definition) is 2. The van der Waals surface area contributed by atoms with E-state index in [2.05, 4.69) is 15.5 Å². The number of amides is 1. The molecule has 0 unspecified atom stereocenters. The molecule has 4 nitrogen and oxygen atoms in total. The molecule has 0 saturated carbocycles. The first kappa shape index (κ1) is 12.3. The average molecular weight is 269 g/mol. The van der Waals surface area contributed by atoms with E-state index in [1.54, 1.807) is 18.3 Å². The van der Waals surface area contributed by atoms with Gasteiger partial charge in [-0.1, -0.05) is 12.1 Å². The molecule has 0 radical (unpaired) electrons. The Morgan fingerprint density at radius 3 is 2.80 bits per heavy atom. The number of nitrogens with zero attached hydrogens (tertiary/aromatic N) is 1. The molecule has 1 aromatic heterocycles. The fraction of sp³-hybridized carbons (Fsp3) is 0.0667. The minimum absolute atomic E-state index is 0.143. The molecule has 0 saturated heterocycles. The smallest absolute Gasteiger partial charge is 0.228 e. The van der Waals surface area contributed by atoms with Gasteiger partial charge in [0, 0.05) is 11.1 Å². The zero-order chi connectivity index (χ0) is 13.9. The molecule has 100 valence electrons. The van der Waals surface area contributed by atoms with Crippen molar-refractivity contribution in [1.82, 2.24) is 10.2 Å². The molecular weight excluding hydrogens is 257 g/mol. The van der Waals surface area contributed by atoms with Crippen LogP contribution in [0.4, 0.5) is 10.1 Å². The van der Waals surface area contributed by atoms with Gasteiger partial charge >= 0.3 is 0 Å². The molecule has 3 rings (SSSR count). The first-order valence-electron chi connectivity index (χ1n) is 6.18. The summed E-state index contributed by atoms with van der Waals surface area (Å²) in [5.41, 5.74) is 2.34. The molecule has 2 N–H and O–H groups in total. The van der Waals surface area contributed by atoms with Crippen LogP contribution in [-0.4, -0.2) is 16.1 Å². The third-order valence-corrected chi connectivity index (χ3v) is 3.00. The summed E-state index contributed by atoms with van der Waals surface area (Å²) in [4.78, 5) is 11.9. The largest absolute Gasteiger partial charge is 0.326 e. The monoisotopic (exact) mass is 269 g/mol. The maximum absolute atomic E-state index is 12.8. The number of aromatic amines is 1. The first-order chi connectivity index (χ1) is 9.70. The van der Waals surface area contributed by atoms with E-state index in [0.717, 1.165) is 16.5 Å². The van der Waals surface area contributed by atoms with Crippen LogP contribution < -0.4 is 5.32 Å². The number of carbonyl (C=O) groups is 1. The van der Waals surface area contributed by atoms with E-state index >= 15 is 0 Å². The summed E-state index contributed by atoms with van der Waals surface area (Å²) in [6, 6.07) is 11.4. The van der Waals surface area contributed by atoms with Gasteiger partial charge in [0.15, 0.2) is 0 Å². The van der Waals surface area contributed by atoms with Crippen LogP contribution in [-0.2, 0) is 11.2 Å². The Balaban J connectivity index is 1.70. The summed E-state index contributed by atoms with van der Waals surface area (Å²) in [6.07, 6.45) is 1.93. The molecule has 0 aliphatic rings. The number of H-pyrrole nitrogens is 1. The topological polar surface area (TPSA) is 57.8 Å². The SMILES string of the molecule is O=C(Cc1ccc(F)cc1)Nc1ccc2cn[nH]c2c1. The highest BCUT2D eigenvalue weighted by molar-refractivity contribution is 5.94. The first-order valence-corrected chi connectivity index (χ1v) is 6.18. The number of halogens is 1. The Morgan fingerprint density at radius 2 is 2.00 bits per heavy atom. The Bertz CT molecular complexity index is 749. The molecule has 3 aromatic rings. The van der Waals surface area contributed by atoms with E-state index in [1.807, 2.05) is 18.2 Å². The van der Waals surface area contributed by atoms with Gasteiger partial charge in [-0.2, -0.15) is 5.10 Å². The van der Waals surface area contributed by atoms with Gasteiger partial charge in [-0.15, -0.1) is 0 Å². The van der Waals surface area contributed by atoms with Crippen molar-refractivity contribution >= 4 is 22.5 Å². The van der Waals surface area contributed by atoms with Crippen molar-refractivity contribution in [3.63, 3.8) is 0 Å². The lowest BCUT2D eigenvalue weighted by Crippen LogP contribution is -2.14. The van der Waals surface area contributed by atoms with Crippen molar-refractivity contribution in [2.75, 3.05) is 5.32 Å². The van der Waals surface area contributed by atoms with Crippen LogP contribution in [0.25, 0.3) is 10.9 Å². The second-order valence-electron chi connectivity index (χ2n) is 4.52. The minimum atomic E-state index is -0.307. The number of rotatable bonds is 3. The quantitative estimate of drug-likeness (QED) is 0.768. The molecule has 0 bridgehead atoms. The van der Waals surface area contributed by atoms with Gasteiger partial charge in [0.25, 0.3) is 0 Å². The molecule has 20 heavy (non-hydrogen) atoms. The highest BCUT2D eigenvalue weighted by Gasteiger charge is 2.05. The number of aromatic nitrogens is 2. The van der Waals surface area contributed by atoms with Crippen LogP contribution in [0.5, 0.6) is 0 Å². The maximum Gasteiger partial charge on any atom is 0.228 e. The normalized spacial score (nSPS) is 10.7. The number of carbonyl (C=O) groups excluding carboxylic acids is 1. The summed E-state index contributed by atoms with van der Waals surface area (Å²) < 4.78 is 12.8. The molecule has 1 amide bonds. The molecule has 0 atom stereocenters. The standard InChI is InChI=1S/C15H12FN3O/c16-12-4-1-10(2-5-12)7-15(20)18-13-6-3-11-9-17-19-14(11)8-13/h1-6,8-9H,7H2,(H,17,19)(H,18,20). The summed E-state index contributed by atoms with van der Waals surface area (Å²) in [5.74, 6) is -0.450. The fourth-order valence-electron chi connectivity index (χ4n) is 2.01. The van der Waals surface area contributed by atoms with Gasteiger partial charge in [-0.3, -0.25) is 9.89 Å². The Morgan fingerprint density at radius 1 is 1.20 bits per heavy atom. The second-order valence-corrected chi connectivity index (χ2v) is 4.52. The lowest BCUT2D eigenvalue weighted by molar-refractivity contribution is -0.115. The number of anilines is 1. The Hall–Kier alpha value is -2.69. The van der Waals surface area contributed by atoms with E-state index in [-0.39, 0.29) is 18.1 Å². The van der Waals surface area contributed by atoms with Crippen molar-refractivity contribution < 1.29 is 9.18 Å². The van der Waals surface area contributed by atoms with Crippen molar-refractivity contribution in [2.45, 2.75) is 6.42 Å².